The molecule has 6 nitrogen and oxygen atoms in total. The van der Waals surface area contributed by atoms with E-state index in [4.69, 9.17) is 9.97 Å². The van der Waals surface area contributed by atoms with Gasteiger partial charge in [-0.2, -0.15) is 0 Å². The minimum absolute atomic E-state index is 0.0549. The van der Waals surface area contributed by atoms with Crippen molar-refractivity contribution in [1.29, 1.82) is 0 Å². The van der Waals surface area contributed by atoms with Crippen molar-refractivity contribution < 1.29 is 4.79 Å². The fraction of sp³-hybridized carbons (Fsp3) is 0.346. The number of nitrogens with one attached hydrogen (secondary N) is 1. The highest BCUT2D eigenvalue weighted by Crippen LogP contribution is 2.32. The Bertz CT molecular complexity index is 1130. The number of hydrogen-bond acceptors (Lipinski definition) is 5. The average Bonchev–Trinajstić information content (AvgIpc) is 3.28. The lowest BCUT2D eigenvalue weighted by atomic mass is 9.97. The van der Waals surface area contributed by atoms with Gasteiger partial charge in [0.2, 0.25) is 0 Å². The van der Waals surface area contributed by atoms with Crippen LogP contribution in [-0.4, -0.2) is 52.9 Å². The second kappa shape index (κ2) is 8.71. The first-order valence-corrected chi connectivity index (χ1v) is 11.4. The van der Waals surface area contributed by atoms with Gasteiger partial charge in [0.15, 0.2) is 0 Å². The molecule has 1 aromatic heterocycles. The number of aromatic nitrogens is 2. The van der Waals surface area contributed by atoms with E-state index in [-0.39, 0.29) is 11.9 Å². The van der Waals surface area contributed by atoms with Gasteiger partial charge in [-0.25, -0.2) is 9.97 Å². The van der Waals surface area contributed by atoms with E-state index in [0.29, 0.717) is 13.1 Å². The SMILES string of the molecule is CNc1nc(C2CCCN2C)nc2c1CCN(C(=O)c1ccccc1-c1ccccc1)C2. The van der Waals surface area contributed by atoms with Crippen LogP contribution in [0.4, 0.5) is 5.82 Å². The third-order valence-corrected chi connectivity index (χ3v) is 6.67. The van der Waals surface area contributed by atoms with Crippen LogP contribution < -0.4 is 5.32 Å². The molecule has 3 heterocycles. The van der Waals surface area contributed by atoms with E-state index in [1.54, 1.807) is 0 Å². The Labute approximate surface area is 189 Å². The van der Waals surface area contributed by atoms with Crippen molar-refractivity contribution in [2.24, 2.45) is 0 Å². The molecule has 0 aliphatic carbocycles. The Morgan fingerprint density at radius 1 is 1.03 bits per heavy atom. The summed E-state index contributed by atoms with van der Waals surface area (Å²) in [7, 11) is 4.05. The van der Waals surface area contributed by atoms with Gasteiger partial charge in [-0.15, -0.1) is 0 Å². The minimum Gasteiger partial charge on any atom is -0.373 e. The molecule has 5 rings (SSSR count). The molecule has 2 aliphatic heterocycles. The fourth-order valence-electron chi connectivity index (χ4n) is 4.92. The van der Waals surface area contributed by atoms with Crippen LogP contribution in [0.5, 0.6) is 0 Å². The summed E-state index contributed by atoms with van der Waals surface area (Å²) in [6.07, 6.45) is 2.99. The summed E-state index contributed by atoms with van der Waals surface area (Å²) in [6, 6.07) is 18.2. The van der Waals surface area contributed by atoms with Gasteiger partial charge in [-0.1, -0.05) is 48.5 Å². The Hall–Kier alpha value is -3.25. The van der Waals surface area contributed by atoms with Crippen molar-refractivity contribution in [3.63, 3.8) is 0 Å². The number of carbonyl (C=O) groups excluding carboxylic acids is 1. The zero-order chi connectivity index (χ0) is 22.1. The quantitative estimate of drug-likeness (QED) is 0.678. The van der Waals surface area contributed by atoms with Crippen molar-refractivity contribution in [2.75, 3.05) is 32.5 Å². The molecule has 0 spiro atoms. The average molecular weight is 428 g/mol. The van der Waals surface area contributed by atoms with E-state index < -0.39 is 0 Å². The number of rotatable bonds is 4. The predicted octanol–water partition coefficient (Wildman–Crippen LogP) is 4.15. The molecule has 1 saturated heterocycles. The van der Waals surface area contributed by atoms with Crippen molar-refractivity contribution in [3.8, 4) is 11.1 Å². The highest BCUT2D eigenvalue weighted by atomic mass is 16.2. The van der Waals surface area contributed by atoms with Crippen LogP contribution in [0.15, 0.2) is 54.6 Å². The maximum absolute atomic E-state index is 13.6. The normalized spacial score (nSPS) is 18.4. The maximum atomic E-state index is 13.6. The summed E-state index contributed by atoms with van der Waals surface area (Å²) >= 11 is 0. The van der Waals surface area contributed by atoms with Gasteiger partial charge in [0.05, 0.1) is 18.3 Å². The van der Waals surface area contributed by atoms with Crippen LogP contribution >= 0.6 is 0 Å². The zero-order valence-electron chi connectivity index (χ0n) is 18.7. The number of nitrogens with zero attached hydrogens (tertiary/aromatic N) is 4. The zero-order valence-corrected chi connectivity index (χ0v) is 18.7. The molecule has 32 heavy (non-hydrogen) atoms. The summed E-state index contributed by atoms with van der Waals surface area (Å²) in [5.41, 5.74) is 4.87. The monoisotopic (exact) mass is 427 g/mol. The van der Waals surface area contributed by atoms with Crippen molar-refractivity contribution >= 4 is 11.7 Å². The molecule has 0 saturated carbocycles. The smallest absolute Gasteiger partial charge is 0.254 e. The summed E-state index contributed by atoms with van der Waals surface area (Å²) in [5, 5.41) is 3.27. The number of hydrogen-bond donors (Lipinski definition) is 1. The van der Waals surface area contributed by atoms with Crippen LogP contribution in [0.2, 0.25) is 0 Å². The number of fused-ring (bicyclic) bond motifs is 1. The predicted molar refractivity (Wildman–Crippen MR) is 127 cm³/mol. The lowest BCUT2D eigenvalue weighted by Gasteiger charge is -2.31. The summed E-state index contributed by atoms with van der Waals surface area (Å²) in [4.78, 5) is 27.7. The summed E-state index contributed by atoms with van der Waals surface area (Å²) in [6.45, 7) is 2.24. The third kappa shape index (κ3) is 3.75. The third-order valence-electron chi connectivity index (χ3n) is 6.67. The van der Waals surface area contributed by atoms with Crippen LogP contribution in [0.1, 0.15) is 46.3 Å². The molecule has 1 amide bonds. The Morgan fingerprint density at radius 3 is 2.56 bits per heavy atom. The van der Waals surface area contributed by atoms with Crippen molar-refractivity contribution in [1.82, 2.24) is 19.8 Å². The van der Waals surface area contributed by atoms with E-state index >= 15 is 0 Å². The van der Waals surface area contributed by atoms with Gasteiger partial charge in [0, 0.05) is 24.7 Å². The Balaban J connectivity index is 1.46. The van der Waals surface area contributed by atoms with Crippen LogP contribution in [0.3, 0.4) is 0 Å². The Kier molecular flexibility index (Phi) is 5.62. The van der Waals surface area contributed by atoms with E-state index in [1.165, 1.54) is 0 Å². The molecule has 0 bridgehead atoms. The lowest BCUT2D eigenvalue weighted by molar-refractivity contribution is 0.0732. The summed E-state index contributed by atoms with van der Waals surface area (Å²) in [5.74, 6) is 1.83. The second-order valence-electron chi connectivity index (χ2n) is 8.63. The van der Waals surface area contributed by atoms with Crippen LogP contribution in [0.25, 0.3) is 11.1 Å². The number of likely N-dealkylation sites (tertiary alicyclic amines) is 1. The van der Waals surface area contributed by atoms with Gasteiger partial charge in [-0.3, -0.25) is 9.69 Å². The standard InChI is InChI=1S/C26H29N5O/c1-27-24-21-14-16-31(17-22(21)28-25(29-24)23-13-8-15-30(23)2)26(32)20-12-7-6-11-19(20)18-9-4-3-5-10-18/h3-7,9-12,23H,8,13-17H2,1-2H3,(H,27,28,29). The lowest BCUT2D eigenvalue weighted by Crippen LogP contribution is -2.37. The maximum Gasteiger partial charge on any atom is 0.254 e. The Morgan fingerprint density at radius 2 is 1.81 bits per heavy atom. The molecular weight excluding hydrogens is 398 g/mol. The molecule has 2 aromatic carbocycles. The first-order valence-electron chi connectivity index (χ1n) is 11.4. The largest absolute Gasteiger partial charge is 0.373 e. The minimum atomic E-state index is 0.0549. The van der Waals surface area contributed by atoms with E-state index in [1.807, 2.05) is 54.4 Å². The molecule has 0 radical (unpaired) electrons. The number of benzene rings is 2. The van der Waals surface area contributed by atoms with Crippen LogP contribution in [-0.2, 0) is 13.0 Å². The van der Waals surface area contributed by atoms with E-state index in [9.17, 15) is 4.79 Å². The first kappa shape index (κ1) is 20.6. The summed E-state index contributed by atoms with van der Waals surface area (Å²) < 4.78 is 0. The molecule has 6 heteroatoms. The molecule has 3 aromatic rings. The molecular formula is C26H29N5O. The highest BCUT2D eigenvalue weighted by Gasteiger charge is 2.30. The first-order chi connectivity index (χ1) is 15.7. The van der Waals surface area contributed by atoms with Crippen molar-refractivity contribution in [2.45, 2.75) is 31.8 Å². The van der Waals surface area contributed by atoms with Gasteiger partial charge in [0.1, 0.15) is 11.6 Å². The molecule has 2 aliphatic rings. The van der Waals surface area contributed by atoms with Gasteiger partial charge < -0.3 is 10.2 Å². The van der Waals surface area contributed by atoms with Gasteiger partial charge >= 0.3 is 0 Å². The molecule has 1 unspecified atom stereocenters. The van der Waals surface area contributed by atoms with Crippen molar-refractivity contribution in [3.05, 3.63) is 77.2 Å². The molecule has 1 fully saturated rings. The van der Waals surface area contributed by atoms with E-state index in [0.717, 1.165) is 65.4 Å². The van der Waals surface area contributed by atoms with Gasteiger partial charge in [-0.05, 0) is 50.0 Å². The number of amides is 1. The number of carbonyl (C=O) groups is 1. The highest BCUT2D eigenvalue weighted by molar-refractivity contribution is 6.01. The van der Waals surface area contributed by atoms with Crippen LogP contribution in [0, 0.1) is 0 Å². The topological polar surface area (TPSA) is 61.4 Å². The second-order valence-corrected chi connectivity index (χ2v) is 8.63. The molecule has 164 valence electrons. The number of anilines is 1. The van der Waals surface area contributed by atoms with Gasteiger partial charge in [0.25, 0.3) is 5.91 Å². The molecule has 1 N–H and O–H groups in total. The molecule has 1 atom stereocenters. The van der Waals surface area contributed by atoms with E-state index in [2.05, 4.69) is 29.4 Å². The fourth-order valence-corrected chi connectivity index (χ4v) is 4.92.